The minimum Gasteiger partial charge on any atom is -0.491 e. The number of aromatic amines is 1. The molecule has 0 saturated carbocycles. The largest absolute Gasteiger partial charge is 0.491 e. The third-order valence-electron chi connectivity index (χ3n) is 2.30. The molecule has 1 aromatic carbocycles. The zero-order valence-electron chi connectivity index (χ0n) is 10.4. The molecule has 19 heavy (non-hydrogen) atoms. The standard InChI is InChI=1S/C12H14N4O3/c1-18-5-6-19-10-4-2-3-9(7-10)14-12(17)11-8-13-16-15-11/h2-4,7-8H,5-6H2,1H3,(H,14,17)(H,13,15,16). The first-order valence-electron chi connectivity index (χ1n) is 5.68. The van der Waals surface area contributed by atoms with Crippen molar-refractivity contribution >= 4 is 11.6 Å². The smallest absolute Gasteiger partial charge is 0.277 e. The van der Waals surface area contributed by atoms with E-state index in [0.717, 1.165) is 0 Å². The maximum atomic E-state index is 11.8. The van der Waals surface area contributed by atoms with Crippen LogP contribution in [0.15, 0.2) is 30.5 Å². The molecule has 0 radical (unpaired) electrons. The van der Waals surface area contributed by atoms with Crippen molar-refractivity contribution in [2.24, 2.45) is 0 Å². The summed E-state index contributed by atoms with van der Waals surface area (Å²) < 4.78 is 10.3. The Kier molecular flexibility index (Phi) is 4.46. The van der Waals surface area contributed by atoms with Gasteiger partial charge in [0, 0.05) is 18.9 Å². The number of amides is 1. The summed E-state index contributed by atoms with van der Waals surface area (Å²) in [4.78, 5) is 11.8. The van der Waals surface area contributed by atoms with Gasteiger partial charge in [-0.25, -0.2) is 0 Å². The lowest BCUT2D eigenvalue weighted by atomic mass is 10.3. The molecule has 7 nitrogen and oxygen atoms in total. The topological polar surface area (TPSA) is 89.1 Å². The van der Waals surface area contributed by atoms with E-state index >= 15 is 0 Å². The average molecular weight is 262 g/mol. The van der Waals surface area contributed by atoms with E-state index < -0.39 is 0 Å². The molecule has 1 heterocycles. The predicted molar refractivity (Wildman–Crippen MR) is 68.1 cm³/mol. The molecule has 2 rings (SSSR count). The molecule has 0 fully saturated rings. The molecular formula is C12H14N4O3. The highest BCUT2D eigenvalue weighted by molar-refractivity contribution is 6.02. The monoisotopic (exact) mass is 262 g/mol. The number of aromatic nitrogens is 3. The molecule has 0 unspecified atom stereocenters. The Bertz CT molecular complexity index is 528. The first kappa shape index (κ1) is 13.0. The molecule has 0 bridgehead atoms. The van der Waals surface area contributed by atoms with E-state index in [1.807, 2.05) is 0 Å². The molecule has 0 aliphatic heterocycles. The number of nitrogens with one attached hydrogen (secondary N) is 2. The van der Waals surface area contributed by atoms with Crippen LogP contribution in [0.4, 0.5) is 5.69 Å². The number of nitrogens with zero attached hydrogens (tertiary/aromatic N) is 2. The van der Waals surface area contributed by atoms with Gasteiger partial charge in [0.1, 0.15) is 12.4 Å². The van der Waals surface area contributed by atoms with Gasteiger partial charge in [0.25, 0.3) is 5.91 Å². The highest BCUT2D eigenvalue weighted by atomic mass is 16.5. The molecule has 1 aromatic heterocycles. The Morgan fingerprint density at radius 1 is 1.42 bits per heavy atom. The molecular weight excluding hydrogens is 248 g/mol. The number of carbonyl (C=O) groups is 1. The van der Waals surface area contributed by atoms with Gasteiger partial charge >= 0.3 is 0 Å². The molecule has 0 aliphatic rings. The van der Waals surface area contributed by atoms with E-state index in [9.17, 15) is 4.79 Å². The molecule has 0 atom stereocenters. The van der Waals surface area contributed by atoms with Crippen molar-refractivity contribution in [2.75, 3.05) is 25.6 Å². The van der Waals surface area contributed by atoms with E-state index in [1.165, 1.54) is 6.20 Å². The van der Waals surface area contributed by atoms with Gasteiger partial charge in [0.05, 0.1) is 12.8 Å². The second kappa shape index (κ2) is 6.50. The maximum absolute atomic E-state index is 11.8. The first-order valence-corrected chi connectivity index (χ1v) is 5.68. The molecule has 0 aliphatic carbocycles. The van der Waals surface area contributed by atoms with Crippen LogP contribution in [0.1, 0.15) is 10.5 Å². The van der Waals surface area contributed by atoms with Crippen LogP contribution in [0.5, 0.6) is 5.75 Å². The van der Waals surface area contributed by atoms with Crippen molar-refractivity contribution in [2.45, 2.75) is 0 Å². The Hall–Kier alpha value is -2.41. The fraction of sp³-hybridized carbons (Fsp3) is 0.250. The lowest BCUT2D eigenvalue weighted by molar-refractivity contribution is 0.102. The second-order valence-electron chi connectivity index (χ2n) is 3.68. The quantitative estimate of drug-likeness (QED) is 0.760. The number of hydrogen-bond acceptors (Lipinski definition) is 5. The number of rotatable bonds is 6. The lowest BCUT2D eigenvalue weighted by Crippen LogP contribution is -2.12. The van der Waals surface area contributed by atoms with Gasteiger partial charge < -0.3 is 14.8 Å². The van der Waals surface area contributed by atoms with Crippen molar-refractivity contribution in [1.82, 2.24) is 15.4 Å². The summed E-state index contributed by atoms with van der Waals surface area (Å²) in [5, 5.41) is 12.4. The van der Waals surface area contributed by atoms with Crippen LogP contribution in [-0.4, -0.2) is 41.6 Å². The van der Waals surface area contributed by atoms with Crippen molar-refractivity contribution in [1.29, 1.82) is 0 Å². The second-order valence-corrected chi connectivity index (χ2v) is 3.68. The van der Waals surface area contributed by atoms with E-state index in [1.54, 1.807) is 31.4 Å². The number of anilines is 1. The van der Waals surface area contributed by atoms with Crippen LogP contribution < -0.4 is 10.1 Å². The van der Waals surface area contributed by atoms with Crippen LogP contribution in [0.2, 0.25) is 0 Å². The van der Waals surface area contributed by atoms with Crippen LogP contribution in [0.3, 0.4) is 0 Å². The summed E-state index contributed by atoms with van der Waals surface area (Å²) in [5.41, 5.74) is 0.855. The van der Waals surface area contributed by atoms with Crippen molar-refractivity contribution in [3.8, 4) is 5.75 Å². The van der Waals surface area contributed by atoms with Crippen molar-refractivity contribution in [3.05, 3.63) is 36.2 Å². The number of carbonyl (C=O) groups excluding carboxylic acids is 1. The van der Waals surface area contributed by atoms with Crippen LogP contribution >= 0.6 is 0 Å². The van der Waals surface area contributed by atoms with Crippen molar-refractivity contribution < 1.29 is 14.3 Å². The Morgan fingerprint density at radius 3 is 3.05 bits per heavy atom. The molecule has 2 N–H and O–H groups in total. The maximum Gasteiger partial charge on any atom is 0.277 e. The van der Waals surface area contributed by atoms with Crippen LogP contribution in [0.25, 0.3) is 0 Å². The SMILES string of the molecule is COCCOc1cccc(NC(=O)c2cn[nH]n2)c1. The number of ether oxygens (including phenoxy) is 2. The molecule has 2 aromatic rings. The third kappa shape index (κ3) is 3.78. The van der Waals surface area contributed by atoms with Gasteiger partial charge in [-0.05, 0) is 12.1 Å². The zero-order valence-corrected chi connectivity index (χ0v) is 10.4. The molecule has 1 amide bonds. The minimum absolute atomic E-state index is 0.228. The van der Waals surface area contributed by atoms with Gasteiger partial charge in [0.15, 0.2) is 5.69 Å². The third-order valence-corrected chi connectivity index (χ3v) is 2.30. The Labute approximate surface area is 109 Å². The summed E-state index contributed by atoms with van der Waals surface area (Å²) in [6.45, 7) is 0.965. The van der Waals surface area contributed by atoms with Gasteiger partial charge in [-0.2, -0.15) is 15.4 Å². The number of H-pyrrole nitrogens is 1. The first-order chi connectivity index (χ1) is 9.29. The van der Waals surface area contributed by atoms with Gasteiger partial charge in [-0.15, -0.1) is 0 Å². The number of hydrogen-bond donors (Lipinski definition) is 2. The van der Waals surface area contributed by atoms with Gasteiger partial charge in [-0.1, -0.05) is 6.07 Å². The van der Waals surface area contributed by atoms with E-state index in [2.05, 4.69) is 20.7 Å². The average Bonchev–Trinajstić information content (AvgIpc) is 2.93. The molecule has 7 heteroatoms. The summed E-state index contributed by atoms with van der Waals surface area (Å²) in [6, 6.07) is 7.09. The van der Waals surface area contributed by atoms with Crippen LogP contribution in [-0.2, 0) is 4.74 Å². The summed E-state index contributed by atoms with van der Waals surface area (Å²) in [6.07, 6.45) is 1.36. The lowest BCUT2D eigenvalue weighted by Gasteiger charge is -2.08. The Morgan fingerprint density at radius 2 is 2.32 bits per heavy atom. The molecule has 0 saturated heterocycles. The highest BCUT2D eigenvalue weighted by Gasteiger charge is 2.09. The summed E-state index contributed by atoms with van der Waals surface area (Å²) in [5.74, 6) is 0.331. The van der Waals surface area contributed by atoms with Gasteiger partial charge in [-0.3, -0.25) is 4.79 Å². The fourth-order valence-corrected chi connectivity index (χ4v) is 1.41. The number of benzene rings is 1. The van der Waals surface area contributed by atoms with Gasteiger partial charge in [0.2, 0.25) is 0 Å². The summed E-state index contributed by atoms with van der Waals surface area (Å²) in [7, 11) is 1.61. The van der Waals surface area contributed by atoms with E-state index in [0.29, 0.717) is 24.7 Å². The summed E-state index contributed by atoms with van der Waals surface area (Å²) >= 11 is 0. The fourth-order valence-electron chi connectivity index (χ4n) is 1.41. The molecule has 0 spiro atoms. The minimum atomic E-state index is -0.331. The van der Waals surface area contributed by atoms with Crippen molar-refractivity contribution in [3.63, 3.8) is 0 Å². The van der Waals surface area contributed by atoms with Crippen LogP contribution in [0, 0.1) is 0 Å². The number of methoxy groups -OCH3 is 1. The zero-order chi connectivity index (χ0) is 13.5. The Balaban J connectivity index is 1.97. The highest BCUT2D eigenvalue weighted by Crippen LogP contribution is 2.17. The molecule has 100 valence electrons. The van der Waals surface area contributed by atoms with E-state index in [-0.39, 0.29) is 11.6 Å². The van der Waals surface area contributed by atoms with E-state index in [4.69, 9.17) is 9.47 Å². The predicted octanol–water partition coefficient (Wildman–Crippen LogP) is 1.08. The normalized spacial score (nSPS) is 10.2.